The zero-order chi connectivity index (χ0) is 11.8. The molecule has 1 aromatic heterocycles. The van der Waals surface area contributed by atoms with E-state index in [9.17, 15) is 4.79 Å². The molecule has 0 saturated carbocycles. The van der Waals surface area contributed by atoms with E-state index in [4.69, 9.17) is 10.6 Å². The number of amides is 1. The normalized spacial score (nSPS) is 9.88. The molecule has 0 radical (unpaired) electrons. The highest BCUT2D eigenvalue weighted by Crippen LogP contribution is 2.10. The van der Waals surface area contributed by atoms with Gasteiger partial charge in [-0.15, -0.1) is 0 Å². The van der Waals surface area contributed by atoms with Gasteiger partial charge in [0.05, 0.1) is 17.9 Å². The van der Waals surface area contributed by atoms with Crippen LogP contribution in [0.2, 0.25) is 0 Å². The summed E-state index contributed by atoms with van der Waals surface area (Å²) in [6, 6.07) is 1.64. The average Bonchev–Trinajstić information content (AvgIpc) is 2.34. The number of anilines is 1. The first-order valence-electron chi connectivity index (χ1n) is 5.06. The molecule has 1 amide bonds. The Morgan fingerprint density at radius 2 is 2.44 bits per heavy atom. The summed E-state index contributed by atoms with van der Waals surface area (Å²) in [5.41, 5.74) is 3.41. The number of carbonyl (C=O) groups excluding carboxylic acids is 1. The predicted octanol–water partition coefficient (Wildman–Crippen LogP) is 0.134. The summed E-state index contributed by atoms with van der Waals surface area (Å²) < 4.78 is 5.11. The molecule has 0 aromatic carbocycles. The van der Waals surface area contributed by atoms with E-state index in [0.29, 0.717) is 31.0 Å². The fourth-order valence-electron chi connectivity index (χ4n) is 1.18. The molecular weight excluding hydrogens is 208 g/mol. The molecule has 6 heteroatoms. The predicted molar refractivity (Wildman–Crippen MR) is 60.9 cm³/mol. The van der Waals surface area contributed by atoms with Gasteiger partial charge in [0, 0.05) is 25.5 Å². The minimum Gasteiger partial charge on any atom is -0.380 e. The number of nitrogen functional groups attached to an aromatic ring is 1. The van der Waals surface area contributed by atoms with E-state index in [2.05, 4.69) is 15.7 Å². The Bertz CT molecular complexity index is 343. The molecule has 0 saturated heterocycles. The number of ether oxygens (including phenoxy) is 1. The first kappa shape index (κ1) is 12.4. The second-order valence-corrected chi connectivity index (χ2v) is 3.02. The Labute approximate surface area is 94.2 Å². The lowest BCUT2D eigenvalue weighted by atomic mass is 10.2. The van der Waals surface area contributed by atoms with Crippen LogP contribution < -0.4 is 16.6 Å². The summed E-state index contributed by atoms with van der Waals surface area (Å²) >= 11 is 0. The molecule has 6 nitrogen and oxygen atoms in total. The second kappa shape index (κ2) is 6.76. The molecule has 88 valence electrons. The number of aromatic nitrogens is 1. The molecule has 0 aliphatic rings. The molecule has 0 bridgehead atoms. The lowest BCUT2D eigenvalue weighted by Gasteiger charge is -2.08. The molecule has 0 aliphatic carbocycles. The number of hydrogen-bond acceptors (Lipinski definition) is 5. The van der Waals surface area contributed by atoms with Crippen LogP contribution in [0.5, 0.6) is 0 Å². The number of hydrogen-bond donors (Lipinski definition) is 3. The van der Waals surface area contributed by atoms with Crippen molar-refractivity contribution >= 4 is 11.6 Å². The highest BCUT2D eigenvalue weighted by Gasteiger charge is 2.09. The largest absolute Gasteiger partial charge is 0.380 e. The third-order valence-electron chi connectivity index (χ3n) is 1.96. The van der Waals surface area contributed by atoms with Gasteiger partial charge < -0.3 is 15.5 Å². The zero-order valence-electron chi connectivity index (χ0n) is 9.19. The summed E-state index contributed by atoms with van der Waals surface area (Å²) in [6.45, 7) is 3.50. The lowest BCUT2D eigenvalue weighted by molar-refractivity contribution is 0.0923. The van der Waals surface area contributed by atoms with Crippen LogP contribution in [0.25, 0.3) is 0 Å². The summed E-state index contributed by atoms with van der Waals surface area (Å²) in [7, 11) is 0. The van der Waals surface area contributed by atoms with Gasteiger partial charge in [0.2, 0.25) is 0 Å². The van der Waals surface area contributed by atoms with Crippen LogP contribution in [0.4, 0.5) is 5.69 Å². The molecule has 4 N–H and O–H groups in total. The minimum absolute atomic E-state index is 0.222. The molecular formula is C10H16N4O2. The van der Waals surface area contributed by atoms with E-state index in [1.54, 1.807) is 12.3 Å². The van der Waals surface area contributed by atoms with Crippen LogP contribution in [-0.2, 0) is 4.74 Å². The SMILES string of the molecule is CCOCCNC(=O)c1cnccc1NN. The molecule has 0 spiro atoms. The van der Waals surface area contributed by atoms with Gasteiger partial charge in [0.25, 0.3) is 5.91 Å². The fraction of sp³-hybridized carbons (Fsp3) is 0.400. The van der Waals surface area contributed by atoms with Gasteiger partial charge in [-0.1, -0.05) is 0 Å². The van der Waals surface area contributed by atoms with E-state index in [-0.39, 0.29) is 5.91 Å². The first-order valence-corrected chi connectivity index (χ1v) is 5.06. The van der Waals surface area contributed by atoms with E-state index in [0.717, 1.165) is 0 Å². The van der Waals surface area contributed by atoms with Gasteiger partial charge in [-0.05, 0) is 13.0 Å². The maximum atomic E-state index is 11.7. The zero-order valence-corrected chi connectivity index (χ0v) is 9.19. The highest BCUT2D eigenvalue weighted by molar-refractivity contribution is 5.99. The molecule has 0 fully saturated rings. The summed E-state index contributed by atoms with van der Waals surface area (Å²) in [6.07, 6.45) is 3.03. The van der Waals surface area contributed by atoms with Crippen molar-refractivity contribution in [2.24, 2.45) is 5.84 Å². The van der Waals surface area contributed by atoms with Gasteiger partial charge in [-0.25, -0.2) is 0 Å². The number of pyridine rings is 1. The van der Waals surface area contributed by atoms with Crippen molar-refractivity contribution in [1.29, 1.82) is 0 Å². The monoisotopic (exact) mass is 224 g/mol. The first-order chi connectivity index (χ1) is 7.79. The third-order valence-corrected chi connectivity index (χ3v) is 1.96. The number of nitrogens with two attached hydrogens (primary N) is 1. The van der Waals surface area contributed by atoms with Crippen molar-refractivity contribution in [3.05, 3.63) is 24.0 Å². The molecule has 0 atom stereocenters. The number of nitrogens with one attached hydrogen (secondary N) is 2. The number of carbonyl (C=O) groups is 1. The quantitative estimate of drug-likeness (QED) is 0.363. The molecule has 1 heterocycles. The maximum absolute atomic E-state index is 11.7. The van der Waals surface area contributed by atoms with Gasteiger partial charge in [-0.3, -0.25) is 15.6 Å². The van der Waals surface area contributed by atoms with Gasteiger partial charge >= 0.3 is 0 Å². The standard InChI is InChI=1S/C10H16N4O2/c1-2-16-6-5-13-10(15)8-7-12-4-3-9(8)14-11/h3-4,7H,2,5-6,11H2,1H3,(H,12,14)(H,13,15). The Morgan fingerprint density at radius 1 is 1.62 bits per heavy atom. The van der Waals surface area contributed by atoms with Crippen molar-refractivity contribution in [1.82, 2.24) is 10.3 Å². The Hall–Kier alpha value is -1.66. The summed E-state index contributed by atoms with van der Waals surface area (Å²) in [5.74, 6) is 5.06. The molecule has 0 unspecified atom stereocenters. The Kier molecular flexibility index (Phi) is 5.24. The van der Waals surface area contributed by atoms with Crippen LogP contribution in [0.15, 0.2) is 18.5 Å². The minimum atomic E-state index is -0.222. The molecule has 16 heavy (non-hydrogen) atoms. The Morgan fingerprint density at radius 3 is 3.12 bits per heavy atom. The van der Waals surface area contributed by atoms with Crippen LogP contribution in [0, 0.1) is 0 Å². The molecule has 1 rings (SSSR count). The third kappa shape index (κ3) is 3.48. The number of nitrogens with zero attached hydrogens (tertiary/aromatic N) is 1. The van der Waals surface area contributed by atoms with Crippen molar-refractivity contribution in [3.8, 4) is 0 Å². The van der Waals surface area contributed by atoms with E-state index < -0.39 is 0 Å². The summed E-state index contributed by atoms with van der Waals surface area (Å²) in [4.78, 5) is 15.6. The van der Waals surface area contributed by atoms with Crippen molar-refractivity contribution < 1.29 is 9.53 Å². The van der Waals surface area contributed by atoms with E-state index in [1.807, 2.05) is 6.92 Å². The highest BCUT2D eigenvalue weighted by atomic mass is 16.5. The fourth-order valence-corrected chi connectivity index (χ4v) is 1.18. The van der Waals surface area contributed by atoms with E-state index >= 15 is 0 Å². The van der Waals surface area contributed by atoms with Gasteiger partial charge in [0.15, 0.2) is 0 Å². The Balaban J connectivity index is 2.52. The smallest absolute Gasteiger partial charge is 0.255 e. The topological polar surface area (TPSA) is 89.3 Å². The van der Waals surface area contributed by atoms with Crippen LogP contribution in [-0.4, -0.2) is 30.6 Å². The second-order valence-electron chi connectivity index (χ2n) is 3.02. The van der Waals surface area contributed by atoms with Crippen molar-refractivity contribution in [2.75, 3.05) is 25.2 Å². The van der Waals surface area contributed by atoms with Crippen molar-refractivity contribution in [2.45, 2.75) is 6.92 Å². The van der Waals surface area contributed by atoms with Crippen molar-refractivity contribution in [3.63, 3.8) is 0 Å². The lowest BCUT2D eigenvalue weighted by Crippen LogP contribution is -2.28. The summed E-state index contributed by atoms with van der Waals surface area (Å²) in [5, 5.41) is 2.71. The number of rotatable bonds is 6. The van der Waals surface area contributed by atoms with Crippen LogP contribution in [0.3, 0.4) is 0 Å². The maximum Gasteiger partial charge on any atom is 0.255 e. The van der Waals surface area contributed by atoms with E-state index in [1.165, 1.54) is 6.20 Å². The van der Waals surface area contributed by atoms with Crippen LogP contribution in [0.1, 0.15) is 17.3 Å². The van der Waals surface area contributed by atoms with Gasteiger partial charge in [-0.2, -0.15) is 0 Å². The average molecular weight is 224 g/mol. The molecule has 1 aromatic rings. The van der Waals surface area contributed by atoms with Gasteiger partial charge in [0.1, 0.15) is 0 Å². The molecule has 0 aliphatic heterocycles. The van der Waals surface area contributed by atoms with Crippen LogP contribution >= 0.6 is 0 Å². The number of hydrazine groups is 1.